The number of carboxylic acid groups (broad SMARTS) is 2. The Bertz CT molecular complexity index is 759. The van der Waals surface area contributed by atoms with Gasteiger partial charge in [0.05, 0.1) is 37.8 Å². The number of carbonyl (C=O) groups is 2. The third kappa shape index (κ3) is 30.8. The first-order valence-corrected chi connectivity index (χ1v) is 12.0. The van der Waals surface area contributed by atoms with Gasteiger partial charge in [-0.2, -0.15) is 9.98 Å². The number of rotatable bonds is 16. The number of ether oxygens (including phenoxy) is 1. The molecule has 0 fully saturated rings. The van der Waals surface area contributed by atoms with Crippen molar-refractivity contribution in [2.24, 2.45) is 9.98 Å². The molecular weight excluding hydrogens is 504 g/mol. The minimum absolute atomic E-state index is 0.0278. The van der Waals surface area contributed by atoms with Gasteiger partial charge in [0.25, 0.3) is 0 Å². The van der Waals surface area contributed by atoms with E-state index in [4.69, 9.17) is 30.6 Å². The number of isocyanates is 2. The molecule has 38 heavy (non-hydrogen) atoms. The molecule has 0 saturated carbocycles. The largest absolute Gasteiger partial charge is 0.481 e. The maximum atomic E-state index is 10.00. The van der Waals surface area contributed by atoms with Crippen molar-refractivity contribution >= 4 is 35.5 Å². The van der Waals surface area contributed by atoms with Crippen LogP contribution in [-0.2, 0) is 23.9 Å². The molecule has 1 rings (SSSR count). The van der Waals surface area contributed by atoms with Crippen LogP contribution in [0.1, 0.15) is 56.9 Å². The van der Waals surface area contributed by atoms with E-state index in [-0.39, 0.29) is 39.3 Å². The van der Waals surface area contributed by atoms with Gasteiger partial charge in [-0.05, 0) is 44.7 Å². The normalized spacial score (nSPS) is 9.08. The van der Waals surface area contributed by atoms with Crippen LogP contribution in [0.5, 0.6) is 0 Å². The zero-order valence-corrected chi connectivity index (χ0v) is 21.8. The Balaban J connectivity index is -0.000000444. The van der Waals surface area contributed by atoms with Gasteiger partial charge in [-0.3, -0.25) is 9.59 Å². The van der Waals surface area contributed by atoms with Crippen molar-refractivity contribution in [1.82, 2.24) is 0 Å². The molecule has 0 aromatic heterocycles. The number of aliphatic hydroxyl groups excluding tert-OH is 4. The van der Waals surface area contributed by atoms with Crippen LogP contribution in [0.2, 0.25) is 0 Å². The van der Waals surface area contributed by atoms with Crippen molar-refractivity contribution in [3.05, 3.63) is 23.8 Å². The molecule has 0 saturated heterocycles. The highest BCUT2D eigenvalue weighted by atomic mass is 16.5. The lowest BCUT2D eigenvalue weighted by Gasteiger charge is -1.99. The van der Waals surface area contributed by atoms with Gasteiger partial charge < -0.3 is 35.4 Å². The Morgan fingerprint density at radius 3 is 1.39 bits per heavy atom. The molecule has 216 valence electrons. The third-order valence-electron chi connectivity index (χ3n) is 4.18. The van der Waals surface area contributed by atoms with Crippen LogP contribution < -0.4 is 0 Å². The highest BCUT2D eigenvalue weighted by Gasteiger charge is 2.01. The maximum absolute atomic E-state index is 10.00. The molecule has 0 spiro atoms. The second-order valence-corrected chi connectivity index (χ2v) is 7.24. The molecule has 13 heteroatoms. The Morgan fingerprint density at radius 2 is 1.11 bits per heavy atom. The molecule has 1 aromatic rings. The molecule has 0 unspecified atom stereocenters. The number of hydrogen-bond donors (Lipinski definition) is 6. The summed E-state index contributed by atoms with van der Waals surface area (Å²) in [6.45, 7) is 2.98. The second-order valence-electron chi connectivity index (χ2n) is 7.24. The molecule has 0 aliphatic rings. The third-order valence-corrected chi connectivity index (χ3v) is 4.18. The SMILES string of the molecule is Cc1c(N=C=O)cccc1N=C=O.O=C(O)CCCCC(=O)O.OCCCCCCO.OCCOCCO. The standard InChI is InChI=1S/C9H6N2O2.C6H10O4.C6H14O2.C4H10O3/c1-7-8(10-5-12)3-2-4-9(7)11-6-13;7-5(8)3-1-2-4-6(9)10;7-5-3-1-2-4-6-8;5-1-3-7-4-2-6/h2-4H,1H3;1-4H2,(H,7,8)(H,9,10);7-8H,1-6H2;5-6H,1-4H2. The lowest BCUT2D eigenvalue weighted by Crippen LogP contribution is -2.03. The zero-order valence-electron chi connectivity index (χ0n) is 21.8. The highest BCUT2D eigenvalue weighted by Crippen LogP contribution is 2.26. The lowest BCUT2D eigenvalue weighted by molar-refractivity contribution is -0.139. The second kappa shape index (κ2) is 31.7. The molecule has 0 amide bonds. The number of carbonyl (C=O) groups excluding carboxylic acids is 2. The molecule has 6 N–H and O–H groups in total. The quantitative estimate of drug-likeness (QED) is 0.100. The number of benzene rings is 1. The topological polar surface area (TPSA) is 224 Å². The van der Waals surface area contributed by atoms with Gasteiger partial charge >= 0.3 is 11.9 Å². The van der Waals surface area contributed by atoms with Gasteiger partial charge in [-0.15, -0.1) is 0 Å². The van der Waals surface area contributed by atoms with E-state index in [9.17, 15) is 19.2 Å². The first kappa shape index (κ1) is 39.2. The first-order valence-electron chi connectivity index (χ1n) is 12.0. The van der Waals surface area contributed by atoms with Crippen LogP contribution in [0.3, 0.4) is 0 Å². The summed E-state index contributed by atoms with van der Waals surface area (Å²) in [5.41, 5.74) is 1.59. The van der Waals surface area contributed by atoms with E-state index >= 15 is 0 Å². The highest BCUT2D eigenvalue weighted by molar-refractivity contribution is 5.68. The van der Waals surface area contributed by atoms with Crippen molar-refractivity contribution in [2.75, 3.05) is 39.6 Å². The van der Waals surface area contributed by atoms with Crippen LogP contribution in [0.4, 0.5) is 11.4 Å². The van der Waals surface area contributed by atoms with E-state index in [0.29, 0.717) is 43.0 Å². The maximum Gasteiger partial charge on any atom is 0.303 e. The molecule has 0 radical (unpaired) electrons. The number of nitrogens with zero attached hydrogens (tertiary/aromatic N) is 2. The van der Waals surface area contributed by atoms with Crippen molar-refractivity contribution in [2.45, 2.75) is 58.3 Å². The smallest absolute Gasteiger partial charge is 0.303 e. The predicted molar refractivity (Wildman–Crippen MR) is 138 cm³/mol. The number of aliphatic imine (C=N–C) groups is 2. The van der Waals surface area contributed by atoms with E-state index in [1.165, 1.54) is 12.2 Å². The van der Waals surface area contributed by atoms with E-state index < -0.39 is 11.9 Å². The van der Waals surface area contributed by atoms with Gasteiger partial charge in [-0.1, -0.05) is 18.9 Å². The van der Waals surface area contributed by atoms with Gasteiger partial charge in [0.2, 0.25) is 12.2 Å². The predicted octanol–water partition coefficient (Wildman–Crippen LogP) is 2.16. The fourth-order valence-electron chi connectivity index (χ4n) is 2.31. The number of carboxylic acids is 2. The van der Waals surface area contributed by atoms with Crippen molar-refractivity contribution in [1.29, 1.82) is 0 Å². The summed E-state index contributed by atoms with van der Waals surface area (Å²) in [6.07, 6.45) is 7.70. The summed E-state index contributed by atoms with van der Waals surface area (Å²) in [5, 5.41) is 49.0. The van der Waals surface area contributed by atoms with E-state index in [1.807, 2.05) is 0 Å². The minimum Gasteiger partial charge on any atom is -0.481 e. The van der Waals surface area contributed by atoms with E-state index in [0.717, 1.165) is 25.7 Å². The van der Waals surface area contributed by atoms with Gasteiger partial charge in [-0.25, -0.2) is 9.59 Å². The summed E-state index contributed by atoms with van der Waals surface area (Å²) in [5.74, 6) is -1.74. The van der Waals surface area contributed by atoms with Crippen molar-refractivity contribution < 1.29 is 54.6 Å². The average Bonchev–Trinajstić information content (AvgIpc) is 2.89. The van der Waals surface area contributed by atoms with Crippen LogP contribution in [0.25, 0.3) is 0 Å². The summed E-state index contributed by atoms with van der Waals surface area (Å²) >= 11 is 0. The molecule has 0 bridgehead atoms. The van der Waals surface area contributed by atoms with Crippen molar-refractivity contribution in [3.8, 4) is 0 Å². The minimum atomic E-state index is -0.870. The fourth-order valence-corrected chi connectivity index (χ4v) is 2.31. The number of unbranched alkanes of at least 4 members (excludes halogenated alkanes) is 4. The molecule has 13 nitrogen and oxygen atoms in total. The molecular formula is C25H40N2O11. The summed E-state index contributed by atoms with van der Waals surface area (Å²) in [4.78, 5) is 46.7. The van der Waals surface area contributed by atoms with Gasteiger partial charge in [0.1, 0.15) is 0 Å². The van der Waals surface area contributed by atoms with Crippen molar-refractivity contribution in [3.63, 3.8) is 0 Å². The average molecular weight is 545 g/mol. The van der Waals surface area contributed by atoms with Crippen LogP contribution in [0, 0.1) is 6.92 Å². The Kier molecular flexibility index (Phi) is 32.8. The lowest BCUT2D eigenvalue weighted by atomic mass is 10.1. The van der Waals surface area contributed by atoms with Gasteiger partial charge in [0.15, 0.2) is 0 Å². The number of aliphatic carboxylic acids is 2. The Labute approximate surface area is 222 Å². The fraction of sp³-hybridized carbons (Fsp3) is 0.600. The monoisotopic (exact) mass is 544 g/mol. The first-order chi connectivity index (χ1) is 18.2. The number of hydrogen-bond acceptors (Lipinski definition) is 11. The van der Waals surface area contributed by atoms with Gasteiger partial charge in [0, 0.05) is 31.6 Å². The van der Waals surface area contributed by atoms with E-state index in [1.54, 1.807) is 25.1 Å². The zero-order chi connectivity index (χ0) is 29.4. The Morgan fingerprint density at radius 1 is 0.711 bits per heavy atom. The Hall–Kier alpha value is -3.28. The van der Waals surface area contributed by atoms with E-state index in [2.05, 4.69) is 14.7 Å². The summed E-state index contributed by atoms with van der Waals surface area (Å²) in [7, 11) is 0. The molecule has 0 aliphatic carbocycles. The van der Waals surface area contributed by atoms with Crippen LogP contribution in [-0.4, -0.2) is 94.4 Å². The molecule has 0 aliphatic heterocycles. The van der Waals surface area contributed by atoms with Crippen LogP contribution in [0.15, 0.2) is 28.2 Å². The summed E-state index contributed by atoms with van der Waals surface area (Å²) < 4.78 is 4.63. The summed E-state index contributed by atoms with van der Waals surface area (Å²) in [6, 6.07) is 4.94. The molecule has 0 atom stereocenters. The molecule has 1 aromatic carbocycles. The van der Waals surface area contributed by atoms with Crippen LogP contribution >= 0.6 is 0 Å². The number of aliphatic hydroxyl groups is 4. The molecule has 0 heterocycles.